The lowest BCUT2D eigenvalue weighted by Crippen LogP contribution is -2.30. The van der Waals surface area contributed by atoms with Gasteiger partial charge in [0.1, 0.15) is 0 Å². The Kier molecular flexibility index (Phi) is 3.91. The lowest BCUT2D eigenvalue weighted by atomic mass is 9.86. The van der Waals surface area contributed by atoms with Gasteiger partial charge in [-0.25, -0.2) is 0 Å². The highest BCUT2D eigenvalue weighted by Gasteiger charge is 2.25. The molecule has 2 heterocycles. The molecule has 0 aromatic carbocycles. The average molecular weight is 220 g/mol. The van der Waals surface area contributed by atoms with Crippen molar-refractivity contribution >= 4 is 0 Å². The third kappa shape index (κ3) is 2.42. The first-order valence-corrected chi connectivity index (χ1v) is 5.98. The van der Waals surface area contributed by atoms with E-state index in [2.05, 4.69) is 23.3 Å². The molecular weight excluding hydrogens is 200 g/mol. The lowest BCUT2D eigenvalue weighted by Gasteiger charge is -2.31. The number of nitrogens with one attached hydrogen (secondary N) is 1. The minimum Gasteiger partial charge on any atom is -0.381 e. The zero-order valence-electron chi connectivity index (χ0n) is 10.1. The van der Waals surface area contributed by atoms with Gasteiger partial charge >= 0.3 is 0 Å². The van der Waals surface area contributed by atoms with Gasteiger partial charge in [0.05, 0.1) is 0 Å². The summed E-state index contributed by atoms with van der Waals surface area (Å²) in [6, 6.07) is 2.50. The Morgan fingerprint density at radius 2 is 2.19 bits per heavy atom. The van der Waals surface area contributed by atoms with E-state index < -0.39 is 0 Å². The second-order valence-corrected chi connectivity index (χ2v) is 4.45. The smallest absolute Gasteiger partial charge is 0.0469 e. The second kappa shape index (κ2) is 5.41. The maximum atomic E-state index is 5.42. The van der Waals surface area contributed by atoms with E-state index in [1.807, 2.05) is 19.4 Å². The van der Waals surface area contributed by atoms with Crippen molar-refractivity contribution in [3.05, 3.63) is 29.6 Å². The number of aryl methyl sites for hydroxylation is 1. The number of ether oxygens (including phenoxy) is 1. The minimum absolute atomic E-state index is 0.414. The first-order valence-electron chi connectivity index (χ1n) is 5.98. The van der Waals surface area contributed by atoms with E-state index in [1.54, 1.807) is 0 Å². The summed E-state index contributed by atoms with van der Waals surface area (Å²) >= 11 is 0. The monoisotopic (exact) mass is 220 g/mol. The molecule has 0 aliphatic carbocycles. The Balaban J connectivity index is 2.18. The molecule has 1 aliphatic rings. The van der Waals surface area contributed by atoms with E-state index in [9.17, 15) is 0 Å². The van der Waals surface area contributed by atoms with Gasteiger partial charge in [0, 0.05) is 31.6 Å². The number of rotatable bonds is 3. The maximum Gasteiger partial charge on any atom is 0.0469 e. The number of pyridine rings is 1. The van der Waals surface area contributed by atoms with Crippen molar-refractivity contribution in [3.63, 3.8) is 0 Å². The van der Waals surface area contributed by atoms with Gasteiger partial charge in [0.25, 0.3) is 0 Å². The van der Waals surface area contributed by atoms with Gasteiger partial charge < -0.3 is 10.1 Å². The second-order valence-electron chi connectivity index (χ2n) is 4.45. The molecule has 88 valence electrons. The van der Waals surface area contributed by atoms with Crippen molar-refractivity contribution in [2.75, 3.05) is 20.3 Å². The normalized spacial score (nSPS) is 19.6. The van der Waals surface area contributed by atoms with Crippen LogP contribution >= 0.6 is 0 Å². The highest BCUT2D eigenvalue weighted by Crippen LogP contribution is 2.30. The predicted molar refractivity (Wildman–Crippen MR) is 64.3 cm³/mol. The summed E-state index contributed by atoms with van der Waals surface area (Å²) in [5, 5.41) is 3.43. The molecule has 3 heteroatoms. The van der Waals surface area contributed by atoms with Crippen molar-refractivity contribution in [2.24, 2.45) is 5.92 Å². The van der Waals surface area contributed by atoms with Crippen LogP contribution in [-0.4, -0.2) is 25.2 Å². The molecule has 16 heavy (non-hydrogen) atoms. The fourth-order valence-electron chi connectivity index (χ4n) is 2.50. The number of nitrogens with zero attached hydrogens (tertiary/aromatic N) is 1. The molecule has 1 fully saturated rings. The number of hydrogen-bond donors (Lipinski definition) is 1. The zero-order chi connectivity index (χ0) is 11.4. The van der Waals surface area contributed by atoms with Crippen LogP contribution in [0.15, 0.2) is 18.5 Å². The quantitative estimate of drug-likeness (QED) is 0.847. The van der Waals surface area contributed by atoms with Crippen LogP contribution in [0.4, 0.5) is 0 Å². The van der Waals surface area contributed by atoms with E-state index in [-0.39, 0.29) is 0 Å². The van der Waals surface area contributed by atoms with Crippen LogP contribution in [0.5, 0.6) is 0 Å². The highest BCUT2D eigenvalue weighted by atomic mass is 16.5. The van der Waals surface area contributed by atoms with Crippen LogP contribution in [0.25, 0.3) is 0 Å². The first-order chi connectivity index (χ1) is 7.83. The van der Waals surface area contributed by atoms with Crippen LogP contribution in [0.2, 0.25) is 0 Å². The van der Waals surface area contributed by atoms with Gasteiger partial charge in [-0.15, -0.1) is 0 Å². The van der Waals surface area contributed by atoms with Crippen LogP contribution in [0, 0.1) is 12.8 Å². The first kappa shape index (κ1) is 11.6. The standard InChI is InChI=1S/C13H20N2O/c1-10-3-6-15-9-12(10)13(14-2)11-4-7-16-8-5-11/h3,6,9,11,13-14H,4-5,7-8H2,1-2H3. The molecule has 0 radical (unpaired) electrons. The fourth-order valence-corrected chi connectivity index (χ4v) is 2.50. The van der Waals surface area contributed by atoms with Crippen LogP contribution < -0.4 is 5.32 Å². The Bertz CT molecular complexity index is 334. The highest BCUT2D eigenvalue weighted by molar-refractivity contribution is 5.25. The molecule has 1 saturated heterocycles. The SMILES string of the molecule is CNC(c1cnccc1C)C1CCOCC1. The molecule has 1 N–H and O–H groups in total. The largest absolute Gasteiger partial charge is 0.381 e. The summed E-state index contributed by atoms with van der Waals surface area (Å²) < 4.78 is 5.42. The van der Waals surface area contributed by atoms with Crippen molar-refractivity contribution in [2.45, 2.75) is 25.8 Å². The molecule has 2 rings (SSSR count). The summed E-state index contributed by atoms with van der Waals surface area (Å²) in [5.41, 5.74) is 2.65. The van der Waals surface area contributed by atoms with Gasteiger partial charge in [0.15, 0.2) is 0 Å². The Morgan fingerprint density at radius 3 is 2.81 bits per heavy atom. The van der Waals surface area contributed by atoms with Crippen molar-refractivity contribution in [3.8, 4) is 0 Å². The molecule has 1 aromatic heterocycles. The van der Waals surface area contributed by atoms with E-state index in [4.69, 9.17) is 4.74 Å². The molecule has 0 bridgehead atoms. The topological polar surface area (TPSA) is 34.2 Å². The van der Waals surface area contributed by atoms with Crippen molar-refractivity contribution in [1.29, 1.82) is 0 Å². The molecule has 1 aromatic rings. The molecule has 1 unspecified atom stereocenters. The minimum atomic E-state index is 0.414. The number of hydrogen-bond acceptors (Lipinski definition) is 3. The van der Waals surface area contributed by atoms with E-state index in [0.29, 0.717) is 12.0 Å². The molecular formula is C13H20N2O. The Morgan fingerprint density at radius 1 is 1.44 bits per heavy atom. The third-order valence-corrected chi connectivity index (χ3v) is 3.46. The predicted octanol–water partition coefficient (Wildman–Crippen LogP) is 2.08. The number of aromatic nitrogens is 1. The molecule has 1 atom stereocenters. The maximum absolute atomic E-state index is 5.42. The lowest BCUT2D eigenvalue weighted by molar-refractivity contribution is 0.0545. The van der Waals surface area contributed by atoms with Crippen LogP contribution in [0.1, 0.15) is 30.0 Å². The fraction of sp³-hybridized carbons (Fsp3) is 0.615. The van der Waals surface area contributed by atoms with Gasteiger partial charge in [-0.05, 0) is 49.9 Å². The van der Waals surface area contributed by atoms with Crippen molar-refractivity contribution in [1.82, 2.24) is 10.3 Å². The summed E-state index contributed by atoms with van der Waals surface area (Å²) in [7, 11) is 2.03. The molecule has 1 aliphatic heterocycles. The summed E-state index contributed by atoms with van der Waals surface area (Å²) in [6.07, 6.45) is 6.13. The zero-order valence-corrected chi connectivity index (χ0v) is 10.1. The van der Waals surface area contributed by atoms with E-state index in [1.165, 1.54) is 11.1 Å². The van der Waals surface area contributed by atoms with E-state index >= 15 is 0 Å². The van der Waals surface area contributed by atoms with Gasteiger partial charge in [-0.1, -0.05) is 0 Å². The summed E-state index contributed by atoms with van der Waals surface area (Å²) in [5.74, 6) is 0.668. The van der Waals surface area contributed by atoms with Crippen LogP contribution in [-0.2, 0) is 4.74 Å². The van der Waals surface area contributed by atoms with E-state index in [0.717, 1.165) is 26.1 Å². The molecule has 3 nitrogen and oxygen atoms in total. The van der Waals surface area contributed by atoms with Crippen molar-refractivity contribution < 1.29 is 4.74 Å². The third-order valence-electron chi connectivity index (χ3n) is 3.46. The summed E-state index contributed by atoms with van der Waals surface area (Å²) in [4.78, 5) is 4.24. The Labute approximate surface area is 97.2 Å². The van der Waals surface area contributed by atoms with Gasteiger partial charge in [-0.2, -0.15) is 0 Å². The molecule has 0 spiro atoms. The summed E-state index contributed by atoms with van der Waals surface area (Å²) in [6.45, 7) is 3.94. The van der Waals surface area contributed by atoms with Gasteiger partial charge in [0.2, 0.25) is 0 Å². The van der Waals surface area contributed by atoms with Crippen LogP contribution in [0.3, 0.4) is 0 Å². The average Bonchev–Trinajstić information content (AvgIpc) is 2.34. The van der Waals surface area contributed by atoms with Gasteiger partial charge in [-0.3, -0.25) is 4.98 Å². The molecule has 0 amide bonds. The Hall–Kier alpha value is -0.930. The molecule has 0 saturated carbocycles.